The largest absolute Gasteiger partial charge is 0.480 e. The zero-order chi connectivity index (χ0) is 16.0. The van der Waals surface area contributed by atoms with Gasteiger partial charge in [0.05, 0.1) is 6.42 Å². The number of carbonyl (C=O) groups excluding carboxylic acids is 1. The molecule has 0 aliphatic carbocycles. The Hall–Kier alpha value is -2.24. The highest BCUT2D eigenvalue weighted by Crippen LogP contribution is 2.12. The molecule has 0 aliphatic rings. The van der Waals surface area contributed by atoms with Crippen LogP contribution in [0.2, 0.25) is 0 Å². The fraction of sp³-hybridized carbons (Fsp3) is 0.333. The zero-order valence-electron chi connectivity index (χ0n) is 11.8. The molecule has 6 heteroatoms. The Morgan fingerprint density at radius 3 is 2.33 bits per heavy atom. The molecule has 1 rings (SSSR count). The lowest BCUT2D eigenvalue weighted by molar-refractivity contribution is -0.141. The molecule has 21 heavy (non-hydrogen) atoms. The second-order valence-electron chi connectivity index (χ2n) is 4.85. The van der Waals surface area contributed by atoms with Gasteiger partial charge in [-0.3, -0.25) is 4.79 Å². The average Bonchev–Trinajstić information content (AvgIpc) is 2.38. The van der Waals surface area contributed by atoms with E-state index in [1.54, 1.807) is 19.9 Å². The van der Waals surface area contributed by atoms with Gasteiger partial charge >= 0.3 is 5.97 Å². The van der Waals surface area contributed by atoms with Crippen molar-refractivity contribution in [3.05, 3.63) is 47.0 Å². The minimum Gasteiger partial charge on any atom is -0.480 e. The van der Waals surface area contributed by atoms with Crippen molar-refractivity contribution in [3.8, 4) is 0 Å². The van der Waals surface area contributed by atoms with E-state index in [9.17, 15) is 18.4 Å². The van der Waals surface area contributed by atoms with Crippen LogP contribution in [-0.4, -0.2) is 23.0 Å². The van der Waals surface area contributed by atoms with E-state index in [0.717, 1.165) is 17.7 Å². The summed E-state index contributed by atoms with van der Waals surface area (Å²) in [6, 6.07) is 2.16. The van der Waals surface area contributed by atoms with Crippen LogP contribution in [0.25, 0.3) is 0 Å². The molecule has 114 valence electrons. The lowest BCUT2D eigenvalue weighted by atomic mass is 10.1. The topological polar surface area (TPSA) is 66.4 Å². The summed E-state index contributed by atoms with van der Waals surface area (Å²) in [6.07, 6.45) is 1.24. The van der Waals surface area contributed by atoms with Crippen molar-refractivity contribution in [2.24, 2.45) is 0 Å². The number of aliphatic carboxylic acids is 1. The number of carbonyl (C=O) groups is 2. The molecule has 0 saturated heterocycles. The Bertz CT molecular complexity index is 546. The van der Waals surface area contributed by atoms with Crippen molar-refractivity contribution >= 4 is 11.9 Å². The predicted octanol–water partition coefficient (Wildman–Crippen LogP) is 2.43. The van der Waals surface area contributed by atoms with Gasteiger partial charge in [-0.15, -0.1) is 0 Å². The van der Waals surface area contributed by atoms with Crippen LogP contribution in [-0.2, 0) is 16.0 Å². The Morgan fingerprint density at radius 1 is 1.29 bits per heavy atom. The predicted molar refractivity (Wildman–Crippen MR) is 73.7 cm³/mol. The third-order valence-corrected chi connectivity index (χ3v) is 2.79. The number of nitrogens with one attached hydrogen (secondary N) is 1. The molecule has 0 radical (unpaired) electrons. The molecule has 1 aromatic rings. The van der Waals surface area contributed by atoms with Crippen LogP contribution >= 0.6 is 0 Å². The van der Waals surface area contributed by atoms with Crippen LogP contribution in [0.1, 0.15) is 25.8 Å². The highest BCUT2D eigenvalue weighted by atomic mass is 19.1. The Kier molecular flexibility index (Phi) is 6.02. The number of hydrogen-bond donors (Lipinski definition) is 2. The average molecular weight is 297 g/mol. The summed E-state index contributed by atoms with van der Waals surface area (Å²) < 4.78 is 26.8. The summed E-state index contributed by atoms with van der Waals surface area (Å²) in [6.45, 7) is 3.60. The molecule has 0 aromatic heterocycles. The smallest absolute Gasteiger partial charge is 0.326 e. The van der Waals surface area contributed by atoms with Gasteiger partial charge in [-0.2, -0.15) is 0 Å². The highest BCUT2D eigenvalue weighted by molar-refractivity contribution is 5.85. The maximum Gasteiger partial charge on any atom is 0.326 e. The van der Waals surface area contributed by atoms with Crippen LogP contribution in [0, 0.1) is 11.6 Å². The summed E-state index contributed by atoms with van der Waals surface area (Å²) in [5.74, 6) is -3.61. The van der Waals surface area contributed by atoms with Crippen LogP contribution in [0.4, 0.5) is 8.78 Å². The molecule has 1 aromatic carbocycles. The van der Waals surface area contributed by atoms with Crippen LogP contribution in [0.15, 0.2) is 29.8 Å². The van der Waals surface area contributed by atoms with Gasteiger partial charge in [-0.1, -0.05) is 17.7 Å². The lowest BCUT2D eigenvalue weighted by Gasteiger charge is -2.13. The van der Waals surface area contributed by atoms with Crippen LogP contribution in [0.3, 0.4) is 0 Å². The number of hydrogen-bond acceptors (Lipinski definition) is 2. The van der Waals surface area contributed by atoms with E-state index in [1.165, 1.54) is 6.07 Å². The number of carboxylic acids is 1. The highest BCUT2D eigenvalue weighted by Gasteiger charge is 2.20. The lowest BCUT2D eigenvalue weighted by Crippen LogP contribution is -2.41. The van der Waals surface area contributed by atoms with Gasteiger partial charge < -0.3 is 10.4 Å². The third-order valence-electron chi connectivity index (χ3n) is 2.79. The molecule has 0 unspecified atom stereocenters. The molecular formula is C15H17F2NO3. The molecule has 0 saturated carbocycles. The first kappa shape index (κ1) is 16.8. The van der Waals surface area contributed by atoms with Crippen molar-refractivity contribution in [2.45, 2.75) is 32.7 Å². The summed E-state index contributed by atoms with van der Waals surface area (Å²) in [5.41, 5.74) is 0.539. The summed E-state index contributed by atoms with van der Waals surface area (Å²) >= 11 is 0. The second kappa shape index (κ2) is 7.52. The maximum atomic E-state index is 13.4. The third kappa shape index (κ3) is 5.33. The first-order chi connectivity index (χ1) is 9.81. The fourth-order valence-corrected chi connectivity index (χ4v) is 1.68. The molecule has 0 heterocycles. The van der Waals surface area contributed by atoms with Gasteiger partial charge in [0.15, 0.2) is 0 Å². The molecule has 0 spiro atoms. The monoisotopic (exact) mass is 297 g/mol. The van der Waals surface area contributed by atoms with Crippen molar-refractivity contribution in [1.82, 2.24) is 5.32 Å². The SMILES string of the molecule is CC(C)=CC[C@H](NC(=O)Cc1c(F)cccc1F)C(=O)O. The Balaban J connectivity index is 2.75. The van der Waals surface area contributed by atoms with Gasteiger partial charge in [-0.25, -0.2) is 13.6 Å². The van der Waals surface area contributed by atoms with E-state index in [4.69, 9.17) is 5.11 Å². The van der Waals surface area contributed by atoms with E-state index in [-0.39, 0.29) is 12.0 Å². The standard InChI is InChI=1S/C15H17F2NO3/c1-9(2)6-7-13(15(20)21)18-14(19)8-10-11(16)4-3-5-12(10)17/h3-6,13H,7-8H2,1-2H3,(H,18,19)(H,20,21)/t13-/m0/s1. The first-order valence-electron chi connectivity index (χ1n) is 6.39. The van der Waals surface area contributed by atoms with Crippen molar-refractivity contribution < 1.29 is 23.5 Å². The van der Waals surface area contributed by atoms with E-state index in [2.05, 4.69) is 5.32 Å². The van der Waals surface area contributed by atoms with E-state index in [1.807, 2.05) is 0 Å². The van der Waals surface area contributed by atoms with Gasteiger partial charge in [0, 0.05) is 5.56 Å². The van der Waals surface area contributed by atoms with Crippen molar-refractivity contribution in [3.63, 3.8) is 0 Å². The van der Waals surface area contributed by atoms with Gasteiger partial charge in [-0.05, 0) is 32.4 Å². The summed E-state index contributed by atoms with van der Waals surface area (Å²) in [7, 11) is 0. The number of benzene rings is 1. The van der Waals surface area contributed by atoms with Crippen molar-refractivity contribution in [1.29, 1.82) is 0 Å². The number of rotatable bonds is 6. The van der Waals surface area contributed by atoms with E-state index in [0.29, 0.717) is 0 Å². The van der Waals surface area contributed by atoms with Gasteiger partial charge in [0.2, 0.25) is 5.91 Å². The molecule has 0 fully saturated rings. The minimum atomic E-state index is -1.20. The summed E-state index contributed by atoms with van der Waals surface area (Å²) in [4.78, 5) is 22.8. The molecule has 0 aliphatic heterocycles. The molecular weight excluding hydrogens is 280 g/mol. The zero-order valence-corrected chi connectivity index (χ0v) is 11.8. The van der Waals surface area contributed by atoms with Gasteiger partial charge in [0.25, 0.3) is 0 Å². The maximum absolute atomic E-state index is 13.4. The van der Waals surface area contributed by atoms with E-state index < -0.39 is 36.0 Å². The molecule has 1 atom stereocenters. The quantitative estimate of drug-likeness (QED) is 0.793. The molecule has 1 amide bonds. The number of allylic oxidation sites excluding steroid dienone is 1. The summed E-state index contributed by atoms with van der Waals surface area (Å²) in [5, 5.41) is 11.3. The van der Waals surface area contributed by atoms with Crippen LogP contribution in [0.5, 0.6) is 0 Å². The second-order valence-corrected chi connectivity index (χ2v) is 4.85. The number of amides is 1. The van der Waals surface area contributed by atoms with Gasteiger partial charge in [0.1, 0.15) is 17.7 Å². The molecule has 2 N–H and O–H groups in total. The van der Waals surface area contributed by atoms with Crippen molar-refractivity contribution in [2.75, 3.05) is 0 Å². The van der Waals surface area contributed by atoms with E-state index >= 15 is 0 Å². The Labute approximate surface area is 121 Å². The first-order valence-corrected chi connectivity index (χ1v) is 6.39. The molecule has 4 nitrogen and oxygen atoms in total. The molecule has 0 bridgehead atoms. The normalized spacial score (nSPS) is 11.6. The number of halogens is 2. The fourth-order valence-electron chi connectivity index (χ4n) is 1.68. The number of carboxylic acid groups (broad SMARTS) is 1. The minimum absolute atomic E-state index is 0.114. The Morgan fingerprint density at radius 2 is 1.86 bits per heavy atom. The van der Waals surface area contributed by atoms with Crippen LogP contribution < -0.4 is 5.32 Å².